The van der Waals surface area contributed by atoms with Crippen LogP contribution in [0.25, 0.3) is 0 Å². The van der Waals surface area contributed by atoms with E-state index in [-0.39, 0.29) is 17.1 Å². The quantitative estimate of drug-likeness (QED) is 0.702. The van der Waals surface area contributed by atoms with Gasteiger partial charge < -0.3 is 15.9 Å². The second kappa shape index (κ2) is 4.21. The smallest absolute Gasteiger partial charge is 0.249 e. The van der Waals surface area contributed by atoms with Gasteiger partial charge in [-0.1, -0.05) is 13.8 Å². The minimum Gasteiger partial charge on any atom is -0.508 e. The van der Waals surface area contributed by atoms with Gasteiger partial charge in [0.1, 0.15) is 11.5 Å². The highest BCUT2D eigenvalue weighted by atomic mass is 16.3. The van der Waals surface area contributed by atoms with Crippen molar-refractivity contribution >= 4 is 5.91 Å². The first-order valence-corrected chi connectivity index (χ1v) is 4.89. The number of carbonyl (C=O) groups is 1. The summed E-state index contributed by atoms with van der Waals surface area (Å²) in [6.07, 6.45) is 1.00. The van der Waals surface area contributed by atoms with Crippen LogP contribution in [0.15, 0.2) is 6.07 Å². The molecule has 1 amide bonds. The first kappa shape index (κ1) is 11.4. The van der Waals surface area contributed by atoms with E-state index >= 15 is 0 Å². The number of rotatable bonds is 3. The fourth-order valence-corrected chi connectivity index (χ4v) is 1.67. The molecule has 0 radical (unpaired) electrons. The van der Waals surface area contributed by atoms with Gasteiger partial charge in [-0.15, -0.1) is 0 Å². The number of phenolic OH excluding ortho intramolecular Hbond substituents is 2. The van der Waals surface area contributed by atoms with E-state index in [1.165, 1.54) is 6.07 Å². The van der Waals surface area contributed by atoms with Gasteiger partial charge in [0.05, 0.1) is 0 Å². The molecule has 15 heavy (non-hydrogen) atoms. The number of phenols is 2. The molecule has 0 spiro atoms. The van der Waals surface area contributed by atoms with E-state index in [1.54, 1.807) is 0 Å². The Morgan fingerprint density at radius 3 is 2.20 bits per heavy atom. The van der Waals surface area contributed by atoms with E-state index in [1.807, 2.05) is 13.8 Å². The van der Waals surface area contributed by atoms with Crippen LogP contribution in [0.2, 0.25) is 0 Å². The summed E-state index contributed by atoms with van der Waals surface area (Å²) in [7, 11) is 0. The summed E-state index contributed by atoms with van der Waals surface area (Å²) < 4.78 is 0. The summed E-state index contributed by atoms with van der Waals surface area (Å²) >= 11 is 0. The average Bonchev–Trinajstić information content (AvgIpc) is 2.17. The van der Waals surface area contributed by atoms with Crippen LogP contribution in [0.5, 0.6) is 11.5 Å². The van der Waals surface area contributed by atoms with Crippen LogP contribution in [-0.2, 0) is 12.8 Å². The normalized spacial score (nSPS) is 10.3. The molecule has 0 fully saturated rings. The number of hydrogen-bond acceptors (Lipinski definition) is 3. The van der Waals surface area contributed by atoms with Gasteiger partial charge in [-0.3, -0.25) is 4.79 Å². The number of aromatic hydroxyl groups is 2. The van der Waals surface area contributed by atoms with E-state index in [9.17, 15) is 15.0 Å². The molecule has 0 aromatic heterocycles. The molecule has 0 aliphatic carbocycles. The Hall–Kier alpha value is -1.71. The van der Waals surface area contributed by atoms with Crippen LogP contribution in [0.4, 0.5) is 0 Å². The van der Waals surface area contributed by atoms with Crippen molar-refractivity contribution in [3.63, 3.8) is 0 Å². The van der Waals surface area contributed by atoms with E-state index in [4.69, 9.17) is 5.73 Å². The van der Waals surface area contributed by atoms with Crippen molar-refractivity contribution in [1.82, 2.24) is 0 Å². The van der Waals surface area contributed by atoms with E-state index in [0.29, 0.717) is 24.0 Å². The molecule has 1 aromatic rings. The number of carbonyl (C=O) groups excluding carboxylic acids is 1. The number of amides is 1. The van der Waals surface area contributed by atoms with E-state index in [2.05, 4.69) is 0 Å². The Morgan fingerprint density at radius 1 is 1.27 bits per heavy atom. The van der Waals surface area contributed by atoms with Gasteiger partial charge >= 0.3 is 0 Å². The summed E-state index contributed by atoms with van der Waals surface area (Å²) in [6.45, 7) is 3.64. The molecule has 0 unspecified atom stereocenters. The number of nitrogens with two attached hydrogens (primary N) is 1. The summed E-state index contributed by atoms with van der Waals surface area (Å²) in [5.74, 6) is -0.741. The molecular weight excluding hydrogens is 194 g/mol. The largest absolute Gasteiger partial charge is 0.508 e. The summed E-state index contributed by atoms with van der Waals surface area (Å²) in [6, 6.07) is 1.32. The fourth-order valence-electron chi connectivity index (χ4n) is 1.67. The van der Waals surface area contributed by atoms with Crippen LogP contribution in [0, 0.1) is 0 Å². The van der Waals surface area contributed by atoms with Crippen molar-refractivity contribution < 1.29 is 15.0 Å². The third kappa shape index (κ3) is 1.88. The zero-order chi connectivity index (χ0) is 11.6. The number of benzene rings is 1. The second-order valence-corrected chi connectivity index (χ2v) is 3.32. The molecule has 1 aromatic carbocycles. The van der Waals surface area contributed by atoms with Gasteiger partial charge in [0.2, 0.25) is 5.91 Å². The van der Waals surface area contributed by atoms with Gasteiger partial charge in [0.15, 0.2) is 0 Å². The monoisotopic (exact) mass is 209 g/mol. The molecule has 0 heterocycles. The first-order chi connectivity index (χ1) is 7.02. The van der Waals surface area contributed by atoms with Crippen molar-refractivity contribution in [1.29, 1.82) is 0 Å². The molecule has 0 saturated carbocycles. The zero-order valence-electron chi connectivity index (χ0n) is 8.87. The van der Waals surface area contributed by atoms with Crippen molar-refractivity contribution in [3.8, 4) is 11.5 Å². The minimum atomic E-state index is -0.639. The average molecular weight is 209 g/mol. The van der Waals surface area contributed by atoms with Crippen molar-refractivity contribution in [2.24, 2.45) is 5.73 Å². The lowest BCUT2D eigenvalue weighted by molar-refractivity contribution is 0.0998. The van der Waals surface area contributed by atoms with E-state index < -0.39 is 5.91 Å². The van der Waals surface area contributed by atoms with Crippen LogP contribution >= 0.6 is 0 Å². The lowest BCUT2D eigenvalue weighted by Gasteiger charge is -2.12. The van der Waals surface area contributed by atoms with Crippen LogP contribution < -0.4 is 5.73 Å². The molecule has 0 saturated heterocycles. The SMILES string of the molecule is CCc1c(O)cc(C(N)=O)c(CC)c1O. The van der Waals surface area contributed by atoms with Gasteiger partial charge in [0.25, 0.3) is 0 Å². The van der Waals surface area contributed by atoms with Crippen molar-refractivity contribution in [2.45, 2.75) is 26.7 Å². The topological polar surface area (TPSA) is 83.5 Å². The molecule has 4 heteroatoms. The third-order valence-corrected chi connectivity index (χ3v) is 2.46. The summed E-state index contributed by atoms with van der Waals surface area (Å²) in [5, 5.41) is 19.4. The maximum absolute atomic E-state index is 11.1. The van der Waals surface area contributed by atoms with Crippen LogP contribution in [0.1, 0.15) is 35.3 Å². The second-order valence-electron chi connectivity index (χ2n) is 3.32. The Labute approximate surface area is 88.3 Å². The lowest BCUT2D eigenvalue weighted by Crippen LogP contribution is -2.14. The van der Waals surface area contributed by atoms with Gasteiger partial charge in [-0.25, -0.2) is 0 Å². The van der Waals surface area contributed by atoms with Gasteiger partial charge in [-0.2, -0.15) is 0 Å². The van der Waals surface area contributed by atoms with E-state index in [0.717, 1.165) is 0 Å². The highest BCUT2D eigenvalue weighted by Crippen LogP contribution is 2.34. The molecule has 0 aliphatic rings. The predicted molar refractivity (Wildman–Crippen MR) is 57.0 cm³/mol. The minimum absolute atomic E-state index is 0.0196. The van der Waals surface area contributed by atoms with Crippen LogP contribution in [0.3, 0.4) is 0 Å². The van der Waals surface area contributed by atoms with Gasteiger partial charge in [-0.05, 0) is 18.9 Å². The van der Waals surface area contributed by atoms with Crippen LogP contribution in [-0.4, -0.2) is 16.1 Å². The Bertz CT molecular complexity index is 399. The van der Waals surface area contributed by atoms with Crippen molar-refractivity contribution in [2.75, 3.05) is 0 Å². The molecule has 0 bridgehead atoms. The Balaban J connectivity index is 3.51. The number of hydrogen-bond donors (Lipinski definition) is 3. The lowest BCUT2D eigenvalue weighted by atomic mass is 9.97. The number of primary amides is 1. The molecular formula is C11H15NO3. The van der Waals surface area contributed by atoms with Gasteiger partial charge in [0, 0.05) is 16.7 Å². The highest BCUT2D eigenvalue weighted by molar-refractivity contribution is 5.95. The molecule has 0 atom stereocenters. The molecule has 1 rings (SSSR count). The maximum Gasteiger partial charge on any atom is 0.249 e. The fraction of sp³-hybridized carbons (Fsp3) is 0.364. The third-order valence-electron chi connectivity index (χ3n) is 2.46. The first-order valence-electron chi connectivity index (χ1n) is 4.89. The standard InChI is InChI=1S/C11H15NO3/c1-3-6-8(11(12)15)5-9(13)7(4-2)10(6)14/h5,13-14H,3-4H2,1-2H3,(H2,12,15). The van der Waals surface area contributed by atoms with Crippen molar-refractivity contribution in [3.05, 3.63) is 22.8 Å². The molecule has 0 aliphatic heterocycles. The highest BCUT2D eigenvalue weighted by Gasteiger charge is 2.17. The molecule has 4 N–H and O–H groups in total. The molecule has 4 nitrogen and oxygen atoms in total. The Morgan fingerprint density at radius 2 is 1.80 bits per heavy atom. The predicted octanol–water partition coefficient (Wildman–Crippen LogP) is 1.32. The maximum atomic E-state index is 11.1. The summed E-state index contributed by atoms with van der Waals surface area (Å²) in [4.78, 5) is 11.1. The summed E-state index contributed by atoms with van der Waals surface area (Å²) in [5.41, 5.74) is 6.30. The molecule has 82 valence electrons. The zero-order valence-corrected chi connectivity index (χ0v) is 8.87. The Kier molecular flexibility index (Phi) is 3.19.